The van der Waals surface area contributed by atoms with E-state index in [-0.39, 0.29) is 0 Å². The van der Waals surface area contributed by atoms with Gasteiger partial charge in [0.1, 0.15) is 19.0 Å². The lowest BCUT2D eigenvalue weighted by Crippen LogP contribution is -1.99. The lowest BCUT2D eigenvalue weighted by molar-refractivity contribution is 0.849. The van der Waals surface area contributed by atoms with Gasteiger partial charge in [0, 0.05) is 5.39 Å². The van der Waals surface area contributed by atoms with Crippen molar-refractivity contribution in [1.82, 2.24) is 24.7 Å². The van der Waals surface area contributed by atoms with Gasteiger partial charge >= 0.3 is 0 Å². The van der Waals surface area contributed by atoms with Crippen LogP contribution in [0.25, 0.3) is 16.7 Å². The molecule has 3 rings (SSSR count). The lowest BCUT2D eigenvalue weighted by atomic mass is 10.2. The van der Waals surface area contributed by atoms with Crippen molar-refractivity contribution in [2.75, 3.05) is 0 Å². The Labute approximate surface area is 99.2 Å². The molecule has 86 valence electrons. The van der Waals surface area contributed by atoms with E-state index < -0.39 is 0 Å². The molecule has 0 aliphatic carbocycles. The summed E-state index contributed by atoms with van der Waals surface area (Å²) in [5.74, 6) is 0.748. The van der Waals surface area contributed by atoms with Crippen molar-refractivity contribution in [3.8, 4) is 5.82 Å². The number of hydrogen-bond donors (Lipinski definition) is 0. The molecular weight excluding hydrogens is 214 g/mol. The average Bonchev–Trinajstić information content (AvgIpc) is 2.94. The molecule has 0 radical (unpaired) electrons. The summed E-state index contributed by atoms with van der Waals surface area (Å²) in [6.07, 6.45) is 4.63. The van der Waals surface area contributed by atoms with Crippen molar-refractivity contribution in [3.05, 3.63) is 43.2 Å². The molecular formula is C12H13N5. The highest BCUT2D eigenvalue weighted by atomic mass is 15.3. The highest BCUT2D eigenvalue weighted by Gasteiger charge is 2.04. The van der Waals surface area contributed by atoms with Crippen molar-refractivity contribution in [3.63, 3.8) is 0 Å². The minimum atomic E-state index is 0.748. The number of hydrogen-bond acceptors (Lipinski definition) is 4. The van der Waals surface area contributed by atoms with Gasteiger partial charge in [-0.25, -0.2) is 19.6 Å². The zero-order valence-electron chi connectivity index (χ0n) is 9.78. The van der Waals surface area contributed by atoms with Crippen LogP contribution in [0.4, 0.5) is 0 Å². The molecule has 0 amide bonds. The predicted molar refractivity (Wildman–Crippen MR) is 65.8 cm³/mol. The van der Waals surface area contributed by atoms with Crippen molar-refractivity contribution in [2.45, 2.75) is 13.8 Å². The maximum atomic E-state index is 4.20. The molecule has 2 heterocycles. The molecule has 0 N–H and O–H groups in total. The summed E-state index contributed by atoms with van der Waals surface area (Å²) in [7, 11) is 0. The minimum absolute atomic E-state index is 0.748. The van der Waals surface area contributed by atoms with Crippen LogP contribution < -0.4 is 0 Å². The van der Waals surface area contributed by atoms with E-state index in [1.165, 1.54) is 12.7 Å². The third kappa shape index (κ3) is 2.13. The minimum Gasteiger partial charge on any atom is -0.236 e. The molecule has 0 bridgehead atoms. The summed E-state index contributed by atoms with van der Waals surface area (Å²) in [4.78, 5) is 12.3. The van der Waals surface area contributed by atoms with Crippen LogP contribution in [0.15, 0.2) is 43.2 Å². The van der Waals surface area contributed by atoms with Crippen molar-refractivity contribution in [2.24, 2.45) is 0 Å². The fraction of sp³-hybridized carbons (Fsp3) is 0.167. The molecule has 2 aromatic heterocycles. The van der Waals surface area contributed by atoms with E-state index >= 15 is 0 Å². The second-order valence-corrected chi connectivity index (χ2v) is 3.05. The van der Waals surface area contributed by atoms with E-state index in [2.05, 4.69) is 20.1 Å². The summed E-state index contributed by atoms with van der Waals surface area (Å²) < 4.78 is 1.63. The first-order chi connectivity index (χ1) is 8.45. The average molecular weight is 227 g/mol. The summed E-state index contributed by atoms with van der Waals surface area (Å²) >= 11 is 0. The zero-order valence-corrected chi connectivity index (χ0v) is 9.78. The third-order valence-electron chi connectivity index (χ3n) is 2.16. The molecule has 0 aliphatic heterocycles. The third-order valence-corrected chi connectivity index (χ3v) is 2.16. The zero-order chi connectivity index (χ0) is 12.1. The molecule has 0 aliphatic rings. The number of nitrogens with zero attached hydrogens (tertiary/aromatic N) is 5. The van der Waals surface area contributed by atoms with E-state index in [1.807, 2.05) is 38.1 Å². The standard InChI is InChI=1S/C10H7N5.C2H6/c1-2-4-9-8(3-1)10(13-6-12-9)15-7-11-5-14-15;1-2/h1-7H;1-2H3. The molecule has 5 nitrogen and oxygen atoms in total. The molecule has 3 aromatic rings. The molecule has 0 saturated carbocycles. The molecule has 0 fully saturated rings. The maximum Gasteiger partial charge on any atom is 0.166 e. The van der Waals surface area contributed by atoms with Crippen LogP contribution in [0, 0.1) is 0 Å². The van der Waals surface area contributed by atoms with Crippen LogP contribution >= 0.6 is 0 Å². The Hall–Kier alpha value is -2.30. The van der Waals surface area contributed by atoms with Gasteiger partial charge in [0.05, 0.1) is 5.52 Å². The van der Waals surface area contributed by atoms with Gasteiger partial charge in [0.15, 0.2) is 5.82 Å². The fourth-order valence-electron chi connectivity index (χ4n) is 1.49. The highest BCUT2D eigenvalue weighted by Crippen LogP contribution is 2.16. The van der Waals surface area contributed by atoms with Crippen molar-refractivity contribution < 1.29 is 0 Å². The van der Waals surface area contributed by atoms with Crippen LogP contribution in [-0.2, 0) is 0 Å². The van der Waals surface area contributed by atoms with Crippen LogP contribution in [0.5, 0.6) is 0 Å². The van der Waals surface area contributed by atoms with Gasteiger partial charge in [-0.3, -0.25) is 0 Å². The summed E-state index contributed by atoms with van der Waals surface area (Å²) in [6.45, 7) is 4.00. The van der Waals surface area contributed by atoms with Crippen molar-refractivity contribution in [1.29, 1.82) is 0 Å². The van der Waals surface area contributed by atoms with E-state index in [0.29, 0.717) is 0 Å². The Morgan fingerprint density at radius 3 is 2.59 bits per heavy atom. The van der Waals surface area contributed by atoms with Crippen LogP contribution in [-0.4, -0.2) is 24.7 Å². The van der Waals surface area contributed by atoms with Gasteiger partial charge in [0.25, 0.3) is 0 Å². The van der Waals surface area contributed by atoms with E-state index in [4.69, 9.17) is 0 Å². The van der Waals surface area contributed by atoms with Gasteiger partial charge in [-0.05, 0) is 12.1 Å². The fourth-order valence-corrected chi connectivity index (χ4v) is 1.49. The molecule has 5 heteroatoms. The Kier molecular flexibility index (Phi) is 3.40. The number of para-hydroxylation sites is 1. The Balaban J connectivity index is 0.000000514. The van der Waals surface area contributed by atoms with Crippen molar-refractivity contribution >= 4 is 10.9 Å². The normalized spacial score (nSPS) is 9.76. The number of rotatable bonds is 1. The molecule has 17 heavy (non-hydrogen) atoms. The predicted octanol–water partition coefficient (Wildman–Crippen LogP) is 2.24. The van der Waals surface area contributed by atoms with Gasteiger partial charge in [-0.2, -0.15) is 5.10 Å². The topological polar surface area (TPSA) is 56.5 Å². The first-order valence-electron chi connectivity index (χ1n) is 5.50. The monoisotopic (exact) mass is 227 g/mol. The highest BCUT2D eigenvalue weighted by molar-refractivity contribution is 5.84. The van der Waals surface area contributed by atoms with Gasteiger partial charge < -0.3 is 0 Å². The van der Waals surface area contributed by atoms with Crippen LogP contribution in [0.2, 0.25) is 0 Å². The Bertz CT molecular complexity index is 583. The lowest BCUT2D eigenvalue weighted by Gasteiger charge is -2.02. The Morgan fingerprint density at radius 1 is 1.00 bits per heavy atom. The number of benzene rings is 1. The summed E-state index contributed by atoms with van der Waals surface area (Å²) in [6, 6.07) is 7.80. The quantitative estimate of drug-likeness (QED) is 0.639. The van der Waals surface area contributed by atoms with E-state index in [9.17, 15) is 0 Å². The first-order valence-corrected chi connectivity index (χ1v) is 5.50. The maximum absolute atomic E-state index is 4.20. The largest absolute Gasteiger partial charge is 0.236 e. The second-order valence-electron chi connectivity index (χ2n) is 3.05. The molecule has 0 unspecified atom stereocenters. The van der Waals surface area contributed by atoms with Crippen LogP contribution in [0.3, 0.4) is 0 Å². The van der Waals surface area contributed by atoms with Gasteiger partial charge in [-0.15, -0.1) is 0 Å². The first kappa shape index (κ1) is 11.2. The second kappa shape index (κ2) is 5.16. The number of fused-ring (bicyclic) bond motifs is 1. The summed E-state index contributed by atoms with van der Waals surface area (Å²) in [5.41, 5.74) is 0.901. The smallest absolute Gasteiger partial charge is 0.166 e. The SMILES string of the molecule is CC.c1ccc2c(-n3cncn3)ncnc2c1. The van der Waals surface area contributed by atoms with Gasteiger partial charge in [-0.1, -0.05) is 26.0 Å². The summed E-state index contributed by atoms with van der Waals surface area (Å²) in [5, 5.41) is 5.02. The molecule has 0 saturated heterocycles. The number of aromatic nitrogens is 5. The molecule has 0 atom stereocenters. The van der Waals surface area contributed by atoms with E-state index in [0.717, 1.165) is 16.7 Å². The van der Waals surface area contributed by atoms with Gasteiger partial charge in [0.2, 0.25) is 0 Å². The molecule has 1 aromatic carbocycles. The van der Waals surface area contributed by atoms with Crippen LogP contribution in [0.1, 0.15) is 13.8 Å². The Morgan fingerprint density at radius 2 is 1.82 bits per heavy atom. The van der Waals surface area contributed by atoms with E-state index in [1.54, 1.807) is 11.0 Å². The molecule has 0 spiro atoms.